The van der Waals surface area contributed by atoms with Crippen LogP contribution in [0.15, 0.2) is 118 Å². The van der Waals surface area contributed by atoms with Crippen LogP contribution in [0.4, 0.5) is 0 Å². The van der Waals surface area contributed by atoms with Gasteiger partial charge in [-0.25, -0.2) is 0 Å². The fraction of sp³-hybridized carbons (Fsp3) is 0.419. The normalized spacial score (nSPS) is 29.4. The molecule has 52 heavy (non-hydrogen) atoms. The highest BCUT2D eigenvalue weighted by atomic mass is 79.9. The Hall–Kier alpha value is -2.66. The monoisotopic (exact) mass is 846 g/mol. The number of carbonyl (C=O) groups excluding carboxylic acids is 1. The Labute approximate surface area is 325 Å². The van der Waals surface area contributed by atoms with E-state index in [1.807, 2.05) is 36.4 Å². The van der Waals surface area contributed by atoms with E-state index < -0.39 is 10.1 Å². The van der Waals surface area contributed by atoms with Gasteiger partial charge < -0.3 is 10.6 Å². The summed E-state index contributed by atoms with van der Waals surface area (Å²) in [7, 11) is -3.53. The minimum atomic E-state index is -3.53. The molecule has 6 fully saturated rings. The first-order valence-electron chi connectivity index (χ1n) is 18.4. The first kappa shape index (κ1) is 37.6. The van der Waals surface area contributed by atoms with Crippen LogP contribution in [0.5, 0.6) is 0 Å². The lowest BCUT2D eigenvalue weighted by molar-refractivity contribution is -0.133. The number of ketones is 1. The summed E-state index contributed by atoms with van der Waals surface area (Å²) in [5.74, 6) is 0.419. The Morgan fingerprint density at radius 3 is 1.58 bits per heavy atom. The molecular weight excluding hydrogens is 800 g/mol. The molecule has 274 valence electrons. The fourth-order valence-corrected chi connectivity index (χ4v) is 10.6. The fourth-order valence-electron chi connectivity index (χ4n) is 9.41. The first-order chi connectivity index (χ1) is 24.9. The van der Waals surface area contributed by atoms with Gasteiger partial charge in [-0.2, -0.15) is 8.42 Å². The van der Waals surface area contributed by atoms with E-state index in [0.29, 0.717) is 18.6 Å². The largest absolute Gasteiger partial charge is 0.307 e. The van der Waals surface area contributed by atoms with Crippen molar-refractivity contribution < 1.29 is 17.4 Å². The van der Waals surface area contributed by atoms with Gasteiger partial charge >= 0.3 is 0 Å². The Morgan fingerprint density at radius 1 is 0.635 bits per heavy atom. The Bertz CT molecular complexity index is 1940. The van der Waals surface area contributed by atoms with Crippen LogP contribution in [-0.4, -0.2) is 37.6 Å². The van der Waals surface area contributed by atoms with Crippen LogP contribution in [0.2, 0.25) is 0 Å². The van der Waals surface area contributed by atoms with Crippen molar-refractivity contribution in [3.05, 3.63) is 140 Å². The standard InChI is InChI=1S/C22H26BrNO3S.C21H22BrNO/c1-28(25,26)27-20-15-21(24-16-17-5-3-2-4-6-17)11-13-22(20,14-12-21)18-7-9-19(23)10-8-18;22-18-8-6-17(7-9-18)21-12-10-20(11-13-21,14-19(21)24)23-15-16-4-2-1-3-5-16/h2-10,20,24H,11-16H2,1H3;1-9,23H,10-15H2. The number of Topliss-reactive ketones (excluding diaryl/α,β-unsaturated/α-hetero) is 1. The third-order valence-electron chi connectivity index (χ3n) is 12.5. The summed E-state index contributed by atoms with van der Waals surface area (Å²) in [5.41, 5.74) is 4.37. The van der Waals surface area contributed by atoms with Crippen molar-refractivity contribution >= 4 is 47.8 Å². The molecule has 6 nitrogen and oxygen atoms in total. The number of halogens is 2. The van der Waals surface area contributed by atoms with Crippen LogP contribution < -0.4 is 10.6 Å². The van der Waals surface area contributed by atoms with E-state index in [0.717, 1.165) is 79.7 Å². The van der Waals surface area contributed by atoms with E-state index in [4.69, 9.17) is 4.18 Å². The van der Waals surface area contributed by atoms with Gasteiger partial charge in [0.1, 0.15) is 5.78 Å². The van der Waals surface area contributed by atoms with Crippen molar-refractivity contribution in [1.82, 2.24) is 10.6 Å². The van der Waals surface area contributed by atoms with Crippen LogP contribution >= 0.6 is 31.9 Å². The molecule has 6 aliphatic rings. The molecular formula is C43H48Br2N2O4S. The average molecular weight is 849 g/mol. The molecule has 0 spiro atoms. The average Bonchev–Trinajstić information content (AvgIpc) is 3.15. The van der Waals surface area contributed by atoms with Crippen molar-refractivity contribution in [3.8, 4) is 0 Å². The predicted molar refractivity (Wildman–Crippen MR) is 215 cm³/mol. The maximum atomic E-state index is 13.0. The van der Waals surface area contributed by atoms with Gasteiger partial charge in [-0.05, 0) is 104 Å². The Kier molecular flexibility index (Phi) is 11.0. The number of benzene rings is 4. The lowest BCUT2D eigenvalue weighted by Crippen LogP contribution is -2.63. The third-order valence-corrected chi connectivity index (χ3v) is 14.2. The maximum Gasteiger partial charge on any atom is 0.264 e. The second-order valence-corrected chi connectivity index (χ2v) is 19.0. The van der Waals surface area contributed by atoms with E-state index in [2.05, 4.69) is 115 Å². The molecule has 0 aromatic heterocycles. The lowest BCUT2D eigenvalue weighted by Gasteiger charge is -2.57. The number of fused-ring (bicyclic) bond motifs is 6. The zero-order valence-corrected chi connectivity index (χ0v) is 33.7. The molecule has 10 rings (SSSR count). The molecule has 0 amide bonds. The van der Waals surface area contributed by atoms with Crippen molar-refractivity contribution in [3.63, 3.8) is 0 Å². The zero-order chi connectivity index (χ0) is 36.5. The van der Waals surface area contributed by atoms with E-state index >= 15 is 0 Å². The first-order valence-corrected chi connectivity index (χ1v) is 21.8. The molecule has 0 saturated heterocycles. The van der Waals surface area contributed by atoms with Gasteiger partial charge in [-0.3, -0.25) is 8.98 Å². The van der Waals surface area contributed by atoms with E-state index in [1.165, 1.54) is 22.3 Å². The maximum absolute atomic E-state index is 13.0. The summed E-state index contributed by atoms with van der Waals surface area (Å²) in [4.78, 5) is 13.0. The van der Waals surface area contributed by atoms with E-state index in [-0.39, 0.29) is 28.0 Å². The molecule has 4 bridgehead atoms. The second kappa shape index (κ2) is 15.2. The number of hydrogen-bond donors (Lipinski definition) is 2. The van der Waals surface area contributed by atoms with Gasteiger partial charge in [0.05, 0.1) is 17.8 Å². The summed E-state index contributed by atoms with van der Waals surface area (Å²) in [6, 6.07) is 37.5. The zero-order valence-electron chi connectivity index (χ0n) is 29.8. The topological polar surface area (TPSA) is 84.5 Å². The molecule has 9 heteroatoms. The summed E-state index contributed by atoms with van der Waals surface area (Å²) < 4.78 is 31.9. The van der Waals surface area contributed by atoms with Crippen LogP contribution in [-0.2, 0) is 43.0 Å². The van der Waals surface area contributed by atoms with Crippen molar-refractivity contribution in [2.24, 2.45) is 0 Å². The van der Waals surface area contributed by atoms with Crippen LogP contribution in [0, 0.1) is 0 Å². The van der Waals surface area contributed by atoms with E-state index in [9.17, 15) is 13.2 Å². The highest BCUT2D eigenvalue weighted by molar-refractivity contribution is 9.10. The van der Waals surface area contributed by atoms with Gasteiger partial charge in [-0.1, -0.05) is 117 Å². The van der Waals surface area contributed by atoms with Crippen LogP contribution in [0.1, 0.15) is 86.5 Å². The molecule has 6 saturated carbocycles. The Morgan fingerprint density at radius 2 is 1.10 bits per heavy atom. The van der Waals surface area contributed by atoms with Gasteiger partial charge in [0, 0.05) is 44.9 Å². The summed E-state index contributed by atoms with van der Waals surface area (Å²) in [5, 5.41) is 7.47. The molecule has 0 radical (unpaired) electrons. The third kappa shape index (κ3) is 8.06. The summed E-state index contributed by atoms with van der Waals surface area (Å²) in [6.07, 6.45) is 10.2. The quantitative estimate of drug-likeness (QED) is 0.155. The van der Waals surface area contributed by atoms with E-state index in [1.54, 1.807) is 0 Å². The van der Waals surface area contributed by atoms with Gasteiger partial charge in [0.25, 0.3) is 10.1 Å². The molecule has 2 N–H and O–H groups in total. The number of carbonyl (C=O) groups is 1. The molecule has 4 aromatic rings. The number of hydrogen-bond acceptors (Lipinski definition) is 6. The molecule has 1 atom stereocenters. The number of rotatable bonds is 10. The number of nitrogens with one attached hydrogen (secondary N) is 2. The Balaban J connectivity index is 0.000000164. The van der Waals surface area contributed by atoms with Gasteiger partial charge in [0.15, 0.2) is 0 Å². The molecule has 1 unspecified atom stereocenters. The lowest BCUT2D eigenvalue weighted by atomic mass is 9.53. The van der Waals surface area contributed by atoms with Gasteiger partial charge in [-0.15, -0.1) is 0 Å². The molecule has 0 heterocycles. The van der Waals surface area contributed by atoms with Crippen LogP contribution in [0.25, 0.3) is 0 Å². The molecule has 4 aromatic carbocycles. The second-order valence-electron chi connectivity index (χ2n) is 15.6. The SMILES string of the molecule is CS(=O)(=O)OC1CC2(NCc3ccccc3)CCC1(c1ccc(Br)cc1)CC2.O=C1CC2(NCc3ccccc3)CCC1(c1ccc(Br)cc1)CC2. The predicted octanol–water partition coefficient (Wildman–Crippen LogP) is 9.30. The summed E-state index contributed by atoms with van der Waals surface area (Å²) in [6.45, 7) is 1.64. The minimum absolute atomic E-state index is 0.00401. The van der Waals surface area contributed by atoms with Crippen molar-refractivity contribution in [2.75, 3.05) is 6.26 Å². The summed E-state index contributed by atoms with van der Waals surface area (Å²) >= 11 is 6.99. The van der Waals surface area contributed by atoms with Crippen LogP contribution in [0.3, 0.4) is 0 Å². The highest BCUT2D eigenvalue weighted by Crippen LogP contribution is 2.55. The minimum Gasteiger partial charge on any atom is -0.307 e. The molecule has 6 aliphatic carbocycles. The van der Waals surface area contributed by atoms with Gasteiger partial charge in [0.2, 0.25) is 0 Å². The molecule has 0 aliphatic heterocycles. The van der Waals surface area contributed by atoms with Crippen molar-refractivity contribution in [2.45, 2.75) is 105 Å². The van der Waals surface area contributed by atoms with Crippen molar-refractivity contribution in [1.29, 1.82) is 0 Å². The highest BCUT2D eigenvalue weighted by Gasteiger charge is 2.57. The smallest absolute Gasteiger partial charge is 0.264 e.